The number of fused-ring (bicyclic) bond motifs is 1. The summed E-state index contributed by atoms with van der Waals surface area (Å²) in [4.78, 5) is 13.6. The van der Waals surface area contributed by atoms with Gasteiger partial charge in [0, 0.05) is 17.1 Å². The van der Waals surface area contributed by atoms with E-state index in [1.807, 2.05) is 12.1 Å². The molecule has 8 nitrogen and oxygen atoms in total. The van der Waals surface area contributed by atoms with E-state index in [2.05, 4.69) is 26.9 Å². The third kappa shape index (κ3) is 4.10. The molecule has 0 saturated carbocycles. The number of nitrogens with zero attached hydrogens (tertiary/aromatic N) is 5. The zero-order valence-electron chi connectivity index (χ0n) is 15.1. The Labute approximate surface area is 169 Å². The summed E-state index contributed by atoms with van der Waals surface area (Å²) in [5, 5.41) is 25.4. The molecule has 28 heavy (non-hydrogen) atoms. The molecule has 1 amide bonds. The second-order valence-corrected chi connectivity index (χ2v) is 8.54. The molecule has 1 aliphatic rings. The van der Waals surface area contributed by atoms with Crippen LogP contribution in [-0.2, 0) is 24.2 Å². The van der Waals surface area contributed by atoms with Crippen LogP contribution in [0.5, 0.6) is 0 Å². The van der Waals surface area contributed by atoms with Gasteiger partial charge < -0.3 is 9.73 Å². The number of amides is 1. The highest BCUT2D eigenvalue weighted by Crippen LogP contribution is 2.37. The SMILES string of the molecule is N#Cc1c(NC(=O)CCSc2nnnn2Cc2ccco2)sc2c1CCCC2. The molecule has 0 spiro atoms. The predicted octanol–water partition coefficient (Wildman–Crippen LogP) is 3.25. The lowest BCUT2D eigenvalue weighted by Gasteiger charge is -2.09. The third-order valence-corrected chi connectivity index (χ3v) is 6.65. The Hall–Kier alpha value is -2.64. The molecular formula is C18H18N6O2S2. The molecule has 10 heteroatoms. The van der Waals surface area contributed by atoms with Crippen molar-refractivity contribution in [1.29, 1.82) is 5.26 Å². The van der Waals surface area contributed by atoms with Gasteiger partial charge in [-0.05, 0) is 53.8 Å². The van der Waals surface area contributed by atoms with Gasteiger partial charge >= 0.3 is 0 Å². The van der Waals surface area contributed by atoms with Crippen molar-refractivity contribution in [3.05, 3.63) is 40.2 Å². The lowest BCUT2D eigenvalue weighted by molar-refractivity contribution is -0.115. The molecule has 1 aliphatic carbocycles. The van der Waals surface area contributed by atoms with E-state index in [0.29, 0.717) is 34.4 Å². The number of anilines is 1. The second kappa shape index (κ2) is 8.58. The number of tetrazole rings is 1. The van der Waals surface area contributed by atoms with E-state index < -0.39 is 0 Å². The van der Waals surface area contributed by atoms with Crippen molar-refractivity contribution in [2.75, 3.05) is 11.1 Å². The van der Waals surface area contributed by atoms with Gasteiger partial charge in [0.25, 0.3) is 0 Å². The summed E-state index contributed by atoms with van der Waals surface area (Å²) in [6.45, 7) is 0.445. The number of nitrogens with one attached hydrogen (secondary N) is 1. The summed E-state index contributed by atoms with van der Waals surface area (Å²) in [5.74, 6) is 1.20. The van der Waals surface area contributed by atoms with Crippen LogP contribution in [0.2, 0.25) is 0 Å². The number of thiophene rings is 1. The predicted molar refractivity (Wildman–Crippen MR) is 105 cm³/mol. The van der Waals surface area contributed by atoms with E-state index in [1.165, 1.54) is 16.6 Å². The fraction of sp³-hybridized carbons (Fsp3) is 0.389. The number of carbonyl (C=O) groups is 1. The largest absolute Gasteiger partial charge is 0.467 e. The first-order valence-electron chi connectivity index (χ1n) is 9.00. The van der Waals surface area contributed by atoms with Gasteiger partial charge in [-0.25, -0.2) is 4.68 Å². The number of aryl methyl sites for hydroxylation is 1. The molecule has 3 aromatic heterocycles. The Kier molecular flexibility index (Phi) is 5.73. The Morgan fingerprint density at radius 2 is 2.32 bits per heavy atom. The molecule has 0 saturated heterocycles. The van der Waals surface area contributed by atoms with Gasteiger partial charge in [-0.3, -0.25) is 4.79 Å². The zero-order valence-corrected chi connectivity index (χ0v) is 16.7. The van der Waals surface area contributed by atoms with Gasteiger partial charge in [0.1, 0.15) is 23.4 Å². The number of carbonyl (C=O) groups excluding carboxylic acids is 1. The van der Waals surface area contributed by atoms with Crippen LogP contribution in [0.15, 0.2) is 28.0 Å². The lowest BCUT2D eigenvalue weighted by atomic mass is 9.96. The smallest absolute Gasteiger partial charge is 0.225 e. The summed E-state index contributed by atoms with van der Waals surface area (Å²) in [6, 6.07) is 5.94. The molecule has 3 aromatic rings. The summed E-state index contributed by atoms with van der Waals surface area (Å²) < 4.78 is 6.95. The van der Waals surface area contributed by atoms with Crippen LogP contribution in [0.3, 0.4) is 0 Å². The molecule has 1 N–H and O–H groups in total. The van der Waals surface area contributed by atoms with Crippen molar-refractivity contribution in [1.82, 2.24) is 20.2 Å². The highest BCUT2D eigenvalue weighted by molar-refractivity contribution is 7.99. The highest BCUT2D eigenvalue weighted by atomic mass is 32.2. The van der Waals surface area contributed by atoms with Crippen molar-refractivity contribution >= 4 is 34.0 Å². The van der Waals surface area contributed by atoms with Crippen LogP contribution in [0, 0.1) is 11.3 Å². The normalized spacial score (nSPS) is 13.1. The average molecular weight is 415 g/mol. The molecule has 0 unspecified atom stereocenters. The van der Waals surface area contributed by atoms with Crippen LogP contribution < -0.4 is 5.32 Å². The van der Waals surface area contributed by atoms with Crippen LogP contribution in [0.25, 0.3) is 0 Å². The second-order valence-electron chi connectivity index (χ2n) is 6.37. The van der Waals surface area contributed by atoms with Crippen molar-refractivity contribution in [2.24, 2.45) is 0 Å². The Balaban J connectivity index is 1.32. The molecule has 0 bridgehead atoms. The van der Waals surface area contributed by atoms with E-state index in [9.17, 15) is 10.1 Å². The maximum Gasteiger partial charge on any atom is 0.225 e. The molecule has 0 atom stereocenters. The van der Waals surface area contributed by atoms with Crippen molar-refractivity contribution in [3.63, 3.8) is 0 Å². The van der Waals surface area contributed by atoms with Gasteiger partial charge in [0.05, 0.1) is 11.8 Å². The lowest BCUT2D eigenvalue weighted by Crippen LogP contribution is -2.12. The maximum atomic E-state index is 12.4. The van der Waals surface area contributed by atoms with Crippen LogP contribution >= 0.6 is 23.1 Å². The standard InChI is InChI=1S/C18H18N6O2S2/c19-10-14-13-5-1-2-6-15(13)28-17(14)20-16(25)7-9-27-18-21-22-23-24(18)11-12-4-3-8-26-12/h3-4,8H,1-2,5-7,9,11H2,(H,20,25). The molecule has 144 valence electrons. The van der Waals surface area contributed by atoms with Crippen LogP contribution in [0.4, 0.5) is 5.00 Å². The zero-order chi connectivity index (χ0) is 19.3. The molecule has 0 aromatic carbocycles. The Morgan fingerprint density at radius 1 is 1.43 bits per heavy atom. The maximum absolute atomic E-state index is 12.4. The number of thioether (sulfide) groups is 1. The van der Waals surface area contributed by atoms with Crippen molar-refractivity contribution in [2.45, 2.75) is 43.8 Å². The summed E-state index contributed by atoms with van der Waals surface area (Å²) in [7, 11) is 0. The van der Waals surface area contributed by atoms with Gasteiger partial charge in [-0.2, -0.15) is 5.26 Å². The first kappa shape index (κ1) is 18.7. The van der Waals surface area contributed by atoms with Crippen LogP contribution in [-0.4, -0.2) is 31.9 Å². The molecule has 0 aliphatic heterocycles. The van der Waals surface area contributed by atoms with Crippen LogP contribution in [0.1, 0.15) is 41.0 Å². The Morgan fingerprint density at radius 3 is 3.14 bits per heavy atom. The number of hydrogen-bond acceptors (Lipinski definition) is 8. The minimum atomic E-state index is -0.104. The van der Waals surface area contributed by atoms with E-state index in [-0.39, 0.29) is 5.91 Å². The monoisotopic (exact) mass is 414 g/mol. The first-order chi connectivity index (χ1) is 13.7. The van der Waals surface area contributed by atoms with Gasteiger partial charge in [-0.1, -0.05) is 11.8 Å². The van der Waals surface area contributed by atoms with Crippen molar-refractivity contribution in [3.8, 4) is 6.07 Å². The van der Waals surface area contributed by atoms with E-state index in [1.54, 1.807) is 22.3 Å². The third-order valence-electron chi connectivity index (χ3n) is 4.48. The summed E-state index contributed by atoms with van der Waals surface area (Å²) in [6.07, 6.45) is 6.10. The number of hydrogen-bond donors (Lipinski definition) is 1. The van der Waals surface area contributed by atoms with Gasteiger partial charge in [-0.15, -0.1) is 16.4 Å². The van der Waals surface area contributed by atoms with E-state index in [4.69, 9.17) is 4.42 Å². The minimum Gasteiger partial charge on any atom is -0.467 e. The summed E-state index contributed by atoms with van der Waals surface area (Å²) >= 11 is 2.96. The fourth-order valence-electron chi connectivity index (χ4n) is 3.15. The fourth-order valence-corrected chi connectivity index (χ4v) is 5.22. The number of furan rings is 1. The molecule has 0 fully saturated rings. The average Bonchev–Trinajstić information content (AvgIpc) is 3.42. The van der Waals surface area contributed by atoms with Crippen molar-refractivity contribution < 1.29 is 9.21 Å². The molecular weight excluding hydrogens is 396 g/mol. The summed E-state index contributed by atoms with van der Waals surface area (Å²) in [5.41, 5.74) is 1.77. The highest BCUT2D eigenvalue weighted by Gasteiger charge is 2.21. The topological polar surface area (TPSA) is 110 Å². The number of nitriles is 1. The van der Waals surface area contributed by atoms with Gasteiger partial charge in [0.15, 0.2) is 0 Å². The molecule has 4 rings (SSSR count). The van der Waals surface area contributed by atoms with E-state index >= 15 is 0 Å². The number of aromatic nitrogens is 4. The number of rotatable bonds is 7. The Bertz CT molecular complexity index is 1000. The van der Waals surface area contributed by atoms with E-state index in [0.717, 1.165) is 37.0 Å². The minimum absolute atomic E-state index is 0.104. The molecule has 0 radical (unpaired) electrons. The first-order valence-corrected chi connectivity index (χ1v) is 10.8. The quantitative estimate of drug-likeness (QED) is 0.591. The molecule has 3 heterocycles. The van der Waals surface area contributed by atoms with Gasteiger partial charge in [0.2, 0.25) is 11.1 Å².